The van der Waals surface area contributed by atoms with Crippen molar-refractivity contribution in [1.82, 2.24) is 4.90 Å². The highest BCUT2D eigenvalue weighted by Gasteiger charge is 2.80. The minimum atomic E-state index is -1.19. The summed E-state index contributed by atoms with van der Waals surface area (Å²) in [4.78, 5) is 24.8. The summed E-state index contributed by atoms with van der Waals surface area (Å²) in [5, 5.41) is 28.4. The van der Waals surface area contributed by atoms with Crippen molar-refractivity contribution < 1.29 is 29.6 Å². The molecule has 1 aliphatic carbocycles. The van der Waals surface area contributed by atoms with Crippen LogP contribution in [-0.2, 0) is 16.1 Å². The number of nitrogens with zero attached hydrogens (tertiary/aromatic N) is 1. The number of fused-ring (bicyclic) bond motifs is 1. The molecule has 0 unspecified atom stereocenters. The van der Waals surface area contributed by atoms with Crippen molar-refractivity contribution in [2.24, 2.45) is 10.8 Å². The molecule has 3 rings (SSSR count). The zero-order chi connectivity index (χ0) is 16.1. The van der Waals surface area contributed by atoms with Crippen molar-refractivity contribution in [3.05, 3.63) is 23.8 Å². The van der Waals surface area contributed by atoms with Gasteiger partial charge in [-0.05, 0) is 24.6 Å². The number of phenols is 1. The Morgan fingerprint density at radius 2 is 1.82 bits per heavy atom. The lowest BCUT2D eigenvalue weighted by Gasteiger charge is -2.21. The Balaban J connectivity index is 1.84. The third-order valence-electron chi connectivity index (χ3n) is 4.86. The van der Waals surface area contributed by atoms with E-state index in [-0.39, 0.29) is 25.3 Å². The predicted octanol–water partition coefficient (Wildman–Crippen LogP) is 0.762. The average Bonchev–Trinajstić information content (AvgIpc) is 2.99. The molecule has 1 aliphatic heterocycles. The molecule has 1 saturated carbocycles. The van der Waals surface area contributed by atoms with E-state index in [0.717, 1.165) is 0 Å². The van der Waals surface area contributed by atoms with Crippen LogP contribution in [0, 0.1) is 10.8 Å². The van der Waals surface area contributed by atoms with Gasteiger partial charge in [0.15, 0.2) is 0 Å². The summed E-state index contributed by atoms with van der Waals surface area (Å²) >= 11 is 0. The summed E-state index contributed by atoms with van der Waals surface area (Å²) in [6.07, 6.45) is 0.179. The van der Waals surface area contributed by atoms with Crippen molar-refractivity contribution in [2.45, 2.75) is 13.0 Å². The van der Waals surface area contributed by atoms with Crippen LogP contribution in [0.2, 0.25) is 0 Å². The lowest BCUT2D eigenvalue weighted by Crippen LogP contribution is -2.28. The van der Waals surface area contributed by atoms with Gasteiger partial charge < -0.3 is 20.1 Å². The van der Waals surface area contributed by atoms with Crippen molar-refractivity contribution in [1.29, 1.82) is 0 Å². The van der Waals surface area contributed by atoms with Gasteiger partial charge in [-0.15, -0.1) is 0 Å². The molecule has 1 aromatic carbocycles. The van der Waals surface area contributed by atoms with Gasteiger partial charge in [-0.2, -0.15) is 0 Å². The van der Waals surface area contributed by atoms with Crippen molar-refractivity contribution >= 4 is 11.9 Å². The number of ether oxygens (including phenoxy) is 1. The second-order valence-corrected chi connectivity index (χ2v) is 6.09. The number of hydrogen-bond donors (Lipinski definition) is 3. The number of phenolic OH excluding ortho intramolecular Hbond substituents is 1. The van der Waals surface area contributed by atoms with Crippen molar-refractivity contribution in [3.8, 4) is 11.5 Å². The largest absolute Gasteiger partial charge is 0.508 e. The molecule has 0 aromatic heterocycles. The van der Waals surface area contributed by atoms with Crippen LogP contribution in [0.4, 0.5) is 0 Å². The van der Waals surface area contributed by atoms with Gasteiger partial charge in [0.1, 0.15) is 11.5 Å². The topological polar surface area (TPSA) is 107 Å². The maximum atomic E-state index is 11.5. The maximum absolute atomic E-state index is 11.5. The number of aliphatic carboxylic acids is 2. The van der Waals surface area contributed by atoms with Crippen LogP contribution in [0.1, 0.15) is 12.0 Å². The number of rotatable bonds is 5. The Morgan fingerprint density at radius 3 is 2.32 bits per heavy atom. The highest BCUT2D eigenvalue weighted by molar-refractivity contribution is 5.94. The maximum Gasteiger partial charge on any atom is 0.312 e. The van der Waals surface area contributed by atoms with E-state index in [4.69, 9.17) is 4.74 Å². The second-order valence-electron chi connectivity index (χ2n) is 6.09. The number of carboxylic acid groups (broad SMARTS) is 2. The van der Waals surface area contributed by atoms with Crippen LogP contribution in [0.3, 0.4) is 0 Å². The van der Waals surface area contributed by atoms with Crippen molar-refractivity contribution in [3.63, 3.8) is 0 Å². The number of carbonyl (C=O) groups is 2. The Hall–Kier alpha value is -2.28. The van der Waals surface area contributed by atoms with Crippen LogP contribution in [0.5, 0.6) is 11.5 Å². The molecule has 1 heterocycles. The molecule has 3 N–H and O–H groups in total. The van der Waals surface area contributed by atoms with Crippen LogP contribution in [0.25, 0.3) is 0 Å². The lowest BCUT2D eigenvalue weighted by atomic mass is 9.97. The Labute approximate surface area is 126 Å². The predicted molar refractivity (Wildman–Crippen MR) is 74.7 cm³/mol. The first-order valence-corrected chi connectivity index (χ1v) is 6.90. The smallest absolute Gasteiger partial charge is 0.312 e. The van der Waals surface area contributed by atoms with E-state index in [0.29, 0.717) is 17.9 Å². The van der Waals surface area contributed by atoms with E-state index in [2.05, 4.69) is 0 Å². The molecule has 0 radical (unpaired) electrons. The van der Waals surface area contributed by atoms with Crippen LogP contribution < -0.4 is 4.74 Å². The third kappa shape index (κ3) is 1.85. The Morgan fingerprint density at radius 1 is 1.23 bits per heavy atom. The molecule has 2 aliphatic rings. The highest BCUT2D eigenvalue weighted by Crippen LogP contribution is 2.68. The molecule has 0 amide bonds. The number of methoxy groups -OCH3 is 1. The average molecular weight is 307 g/mol. The van der Waals surface area contributed by atoms with E-state index in [9.17, 15) is 24.9 Å². The van der Waals surface area contributed by atoms with E-state index in [1.807, 2.05) is 0 Å². The summed E-state index contributed by atoms with van der Waals surface area (Å²) in [7, 11) is 1.51. The summed E-state index contributed by atoms with van der Waals surface area (Å²) in [6, 6.07) is 4.67. The zero-order valence-corrected chi connectivity index (χ0v) is 12.1. The summed E-state index contributed by atoms with van der Waals surface area (Å²) in [6.45, 7) is 0.711. The first kappa shape index (κ1) is 14.6. The normalized spacial score (nSPS) is 29.9. The standard InChI is InChI=1S/C15H17NO6/c1-22-11-3-2-10(17)4-9(11)5-16-7-14(12(18)19)6-15(14,8-16)13(20)21/h2-4,17H,5-8H2,1H3,(H,18,19)(H,20,21)/t14-,15+. The summed E-state index contributed by atoms with van der Waals surface area (Å²) in [5.74, 6) is -1.45. The molecule has 22 heavy (non-hydrogen) atoms. The molecule has 1 saturated heterocycles. The summed E-state index contributed by atoms with van der Waals surface area (Å²) in [5.41, 5.74) is -1.68. The molecule has 1 aromatic rings. The van der Waals surface area contributed by atoms with Gasteiger partial charge >= 0.3 is 11.9 Å². The minimum absolute atomic E-state index is 0.0843. The second kappa shape index (κ2) is 4.61. The van der Waals surface area contributed by atoms with E-state index in [1.54, 1.807) is 17.0 Å². The fourth-order valence-electron chi connectivity index (χ4n) is 3.64. The molecule has 0 bridgehead atoms. The number of aromatic hydroxyl groups is 1. The number of benzene rings is 1. The molecular formula is C15H17NO6. The van der Waals surface area contributed by atoms with Gasteiger partial charge in [0.25, 0.3) is 0 Å². The zero-order valence-electron chi connectivity index (χ0n) is 12.1. The van der Waals surface area contributed by atoms with E-state index in [1.165, 1.54) is 13.2 Å². The fourth-order valence-corrected chi connectivity index (χ4v) is 3.64. The SMILES string of the molecule is COc1ccc(O)cc1CN1C[C@@]2(C(=O)O)C[C@@]2(C(=O)O)C1. The number of hydrogen-bond acceptors (Lipinski definition) is 5. The third-order valence-corrected chi connectivity index (χ3v) is 4.86. The van der Waals surface area contributed by atoms with Gasteiger partial charge in [0.2, 0.25) is 0 Å². The summed E-state index contributed by atoms with van der Waals surface area (Å²) < 4.78 is 5.22. The number of carboxylic acids is 2. The van der Waals surface area contributed by atoms with Gasteiger partial charge in [0, 0.05) is 25.2 Å². The molecule has 118 valence electrons. The van der Waals surface area contributed by atoms with Crippen LogP contribution in [0.15, 0.2) is 18.2 Å². The minimum Gasteiger partial charge on any atom is -0.508 e. The molecule has 7 heteroatoms. The fraction of sp³-hybridized carbons (Fsp3) is 0.467. The van der Waals surface area contributed by atoms with Gasteiger partial charge in [0.05, 0.1) is 17.9 Å². The number of likely N-dealkylation sites (tertiary alicyclic amines) is 1. The van der Waals surface area contributed by atoms with E-state index < -0.39 is 22.8 Å². The highest BCUT2D eigenvalue weighted by atomic mass is 16.5. The first-order valence-electron chi connectivity index (χ1n) is 6.90. The van der Waals surface area contributed by atoms with Gasteiger partial charge in [-0.3, -0.25) is 14.5 Å². The lowest BCUT2D eigenvalue weighted by molar-refractivity contribution is -0.151. The van der Waals surface area contributed by atoms with Gasteiger partial charge in [-0.25, -0.2) is 0 Å². The first-order chi connectivity index (χ1) is 10.3. The molecule has 2 fully saturated rings. The van der Waals surface area contributed by atoms with Gasteiger partial charge in [-0.1, -0.05) is 0 Å². The monoisotopic (exact) mass is 307 g/mol. The Kier molecular flexibility index (Phi) is 3.07. The Bertz CT molecular complexity index is 631. The van der Waals surface area contributed by atoms with Crippen LogP contribution >= 0.6 is 0 Å². The van der Waals surface area contributed by atoms with E-state index >= 15 is 0 Å². The molecule has 7 nitrogen and oxygen atoms in total. The number of piperidine rings is 1. The molecule has 0 spiro atoms. The molecular weight excluding hydrogens is 290 g/mol. The molecule has 2 atom stereocenters. The van der Waals surface area contributed by atoms with Crippen LogP contribution in [-0.4, -0.2) is 52.4 Å². The quantitative estimate of drug-likeness (QED) is 0.737. The van der Waals surface area contributed by atoms with Crippen molar-refractivity contribution in [2.75, 3.05) is 20.2 Å².